The maximum Gasteiger partial charge on any atom is 0.340 e. The summed E-state index contributed by atoms with van der Waals surface area (Å²) in [7, 11) is 3.38. The number of hydrogen-bond acceptors (Lipinski definition) is 5. The van der Waals surface area contributed by atoms with Gasteiger partial charge in [0.05, 0.1) is 11.3 Å². The SMILES string of the molecule is C[C@@H]1[C@H](C)CCC[C@@H]1NC(=O)[C@@H](C)OC(=O)c1ccccc1SCC(=O)N(C)C. The summed E-state index contributed by atoms with van der Waals surface area (Å²) in [4.78, 5) is 39.2. The van der Waals surface area contributed by atoms with E-state index in [0.29, 0.717) is 22.3 Å². The predicted octanol–water partition coefficient (Wildman–Crippen LogP) is 3.35. The Kier molecular flexibility index (Phi) is 8.56. The zero-order valence-electron chi connectivity index (χ0n) is 17.9. The summed E-state index contributed by atoms with van der Waals surface area (Å²) in [5.41, 5.74) is 0.364. The minimum absolute atomic E-state index is 0.0400. The average molecular weight is 421 g/mol. The van der Waals surface area contributed by atoms with E-state index in [1.165, 1.54) is 23.1 Å². The molecule has 1 saturated carbocycles. The van der Waals surface area contributed by atoms with Crippen molar-refractivity contribution >= 4 is 29.5 Å². The molecule has 7 heteroatoms. The van der Waals surface area contributed by atoms with Crippen LogP contribution in [0.2, 0.25) is 0 Å². The molecule has 0 saturated heterocycles. The summed E-state index contributed by atoms with van der Waals surface area (Å²) < 4.78 is 5.44. The van der Waals surface area contributed by atoms with Gasteiger partial charge in [-0.05, 0) is 37.3 Å². The number of ether oxygens (including phenoxy) is 1. The van der Waals surface area contributed by atoms with Crippen molar-refractivity contribution in [2.45, 2.75) is 57.1 Å². The van der Waals surface area contributed by atoms with Crippen molar-refractivity contribution in [3.63, 3.8) is 0 Å². The summed E-state index contributed by atoms with van der Waals surface area (Å²) in [5, 5.41) is 3.05. The topological polar surface area (TPSA) is 75.7 Å². The molecule has 4 atom stereocenters. The summed E-state index contributed by atoms with van der Waals surface area (Å²) >= 11 is 1.28. The number of carbonyl (C=O) groups excluding carboxylic acids is 3. The lowest BCUT2D eigenvalue weighted by atomic mass is 9.78. The van der Waals surface area contributed by atoms with Crippen LogP contribution in [-0.2, 0) is 14.3 Å². The molecule has 1 aromatic rings. The zero-order chi connectivity index (χ0) is 21.6. The molecular formula is C22H32N2O4S. The third-order valence-electron chi connectivity index (χ3n) is 5.64. The second-order valence-electron chi connectivity index (χ2n) is 8.00. The van der Waals surface area contributed by atoms with Gasteiger partial charge in [0.2, 0.25) is 5.91 Å². The van der Waals surface area contributed by atoms with E-state index in [0.717, 1.165) is 12.8 Å². The van der Waals surface area contributed by atoms with Gasteiger partial charge in [-0.1, -0.05) is 38.8 Å². The Morgan fingerprint density at radius 3 is 2.59 bits per heavy atom. The number of nitrogens with one attached hydrogen (secondary N) is 1. The van der Waals surface area contributed by atoms with Gasteiger partial charge < -0.3 is 15.0 Å². The monoisotopic (exact) mass is 420 g/mol. The van der Waals surface area contributed by atoms with Gasteiger partial charge in [-0.3, -0.25) is 9.59 Å². The maximum atomic E-state index is 12.7. The predicted molar refractivity (Wildman–Crippen MR) is 115 cm³/mol. The van der Waals surface area contributed by atoms with Crippen LogP contribution in [0.4, 0.5) is 0 Å². The summed E-state index contributed by atoms with van der Waals surface area (Å²) in [5.74, 6) is 0.338. The Bertz CT molecular complexity index is 737. The standard InChI is InChI=1S/C22H32N2O4S/c1-14-9-8-11-18(15(14)2)23-21(26)16(3)28-22(27)17-10-6-7-12-19(17)29-13-20(25)24(4)5/h6-7,10,12,14-16,18H,8-9,11,13H2,1-5H3,(H,23,26)/t14-,15-,16-,18+/m1/s1. The molecule has 0 spiro atoms. The highest BCUT2D eigenvalue weighted by atomic mass is 32.2. The third-order valence-corrected chi connectivity index (χ3v) is 6.70. The lowest BCUT2D eigenvalue weighted by Gasteiger charge is -2.35. The maximum absolute atomic E-state index is 12.7. The Morgan fingerprint density at radius 2 is 1.90 bits per heavy atom. The van der Waals surface area contributed by atoms with Crippen molar-refractivity contribution < 1.29 is 19.1 Å². The Hall–Kier alpha value is -2.02. The second-order valence-corrected chi connectivity index (χ2v) is 9.02. The number of hydrogen-bond donors (Lipinski definition) is 1. The van der Waals surface area contributed by atoms with Gasteiger partial charge in [0, 0.05) is 25.0 Å². The molecule has 0 radical (unpaired) electrons. The molecule has 2 rings (SSSR count). The highest BCUT2D eigenvalue weighted by Gasteiger charge is 2.30. The molecule has 29 heavy (non-hydrogen) atoms. The molecule has 0 heterocycles. The van der Waals surface area contributed by atoms with Gasteiger partial charge in [0.25, 0.3) is 5.91 Å². The number of thioether (sulfide) groups is 1. The van der Waals surface area contributed by atoms with Crippen molar-refractivity contribution in [3.05, 3.63) is 29.8 Å². The Balaban J connectivity index is 1.97. The highest BCUT2D eigenvalue weighted by molar-refractivity contribution is 8.00. The smallest absolute Gasteiger partial charge is 0.340 e. The first-order valence-electron chi connectivity index (χ1n) is 10.1. The van der Waals surface area contributed by atoms with Crippen molar-refractivity contribution in [2.75, 3.05) is 19.8 Å². The van der Waals surface area contributed by atoms with E-state index >= 15 is 0 Å². The second kappa shape index (κ2) is 10.7. The van der Waals surface area contributed by atoms with Crippen LogP contribution in [-0.4, -0.2) is 54.7 Å². The average Bonchev–Trinajstić information content (AvgIpc) is 2.69. The van der Waals surface area contributed by atoms with Crippen LogP contribution in [0, 0.1) is 11.8 Å². The van der Waals surface area contributed by atoms with E-state index < -0.39 is 12.1 Å². The van der Waals surface area contributed by atoms with Crippen molar-refractivity contribution in [1.29, 1.82) is 0 Å². The van der Waals surface area contributed by atoms with Crippen molar-refractivity contribution in [1.82, 2.24) is 10.2 Å². The molecule has 0 bridgehead atoms. The minimum Gasteiger partial charge on any atom is -0.449 e. The van der Waals surface area contributed by atoms with Crippen LogP contribution < -0.4 is 5.32 Å². The van der Waals surface area contributed by atoms with E-state index in [2.05, 4.69) is 19.2 Å². The molecule has 6 nitrogen and oxygen atoms in total. The van der Waals surface area contributed by atoms with Crippen LogP contribution in [0.5, 0.6) is 0 Å². The third kappa shape index (κ3) is 6.49. The molecule has 160 valence electrons. The first-order chi connectivity index (χ1) is 13.7. The van der Waals surface area contributed by atoms with Gasteiger partial charge in [-0.2, -0.15) is 0 Å². The molecule has 1 aliphatic rings. The quantitative estimate of drug-likeness (QED) is 0.541. The lowest BCUT2D eigenvalue weighted by molar-refractivity contribution is -0.130. The van der Waals surface area contributed by atoms with Gasteiger partial charge in [-0.25, -0.2) is 4.79 Å². The first-order valence-corrected chi connectivity index (χ1v) is 11.1. The van der Waals surface area contributed by atoms with Crippen molar-refractivity contribution in [2.24, 2.45) is 11.8 Å². The normalized spacial score (nSPS) is 22.4. The fourth-order valence-electron chi connectivity index (χ4n) is 3.39. The van der Waals surface area contributed by atoms with Gasteiger partial charge >= 0.3 is 5.97 Å². The van der Waals surface area contributed by atoms with E-state index in [4.69, 9.17) is 4.74 Å². The van der Waals surface area contributed by atoms with Gasteiger partial charge in [-0.15, -0.1) is 11.8 Å². The van der Waals surface area contributed by atoms with E-state index in [-0.39, 0.29) is 23.6 Å². The molecule has 1 fully saturated rings. The first kappa shape index (κ1) is 23.3. The lowest BCUT2D eigenvalue weighted by Crippen LogP contribution is -2.47. The van der Waals surface area contributed by atoms with Crippen LogP contribution in [0.25, 0.3) is 0 Å². The number of nitrogens with zero attached hydrogens (tertiary/aromatic N) is 1. The van der Waals surface area contributed by atoms with Crippen LogP contribution in [0.1, 0.15) is 50.4 Å². The Morgan fingerprint density at radius 1 is 1.21 bits per heavy atom. The fraction of sp³-hybridized carbons (Fsp3) is 0.591. The molecule has 1 aliphatic carbocycles. The van der Waals surface area contributed by atoms with Crippen LogP contribution in [0.3, 0.4) is 0 Å². The molecular weight excluding hydrogens is 388 g/mol. The summed E-state index contributed by atoms with van der Waals surface area (Å²) in [6.45, 7) is 5.96. The van der Waals surface area contributed by atoms with Gasteiger partial charge in [0.1, 0.15) is 0 Å². The number of amides is 2. The van der Waals surface area contributed by atoms with Crippen molar-refractivity contribution in [3.8, 4) is 0 Å². The minimum atomic E-state index is -0.881. The molecule has 0 unspecified atom stereocenters. The fourth-order valence-corrected chi connectivity index (χ4v) is 4.41. The Labute approximate surface area is 177 Å². The number of carbonyl (C=O) groups is 3. The number of rotatable bonds is 7. The molecule has 1 aromatic carbocycles. The van der Waals surface area contributed by atoms with Crippen LogP contribution in [0.15, 0.2) is 29.2 Å². The van der Waals surface area contributed by atoms with Crippen LogP contribution >= 0.6 is 11.8 Å². The number of benzene rings is 1. The van der Waals surface area contributed by atoms with E-state index in [1.54, 1.807) is 45.3 Å². The molecule has 1 N–H and O–H groups in total. The molecule has 0 aliphatic heterocycles. The summed E-state index contributed by atoms with van der Waals surface area (Å²) in [6, 6.07) is 7.10. The largest absolute Gasteiger partial charge is 0.449 e. The molecule has 2 amide bonds. The number of esters is 1. The van der Waals surface area contributed by atoms with Gasteiger partial charge in [0.15, 0.2) is 6.10 Å². The zero-order valence-corrected chi connectivity index (χ0v) is 18.8. The van der Waals surface area contributed by atoms with E-state index in [1.807, 2.05) is 0 Å². The summed E-state index contributed by atoms with van der Waals surface area (Å²) in [6.07, 6.45) is 2.36. The van der Waals surface area contributed by atoms with E-state index in [9.17, 15) is 14.4 Å². The molecule has 0 aromatic heterocycles. The highest BCUT2D eigenvalue weighted by Crippen LogP contribution is 2.29.